The van der Waals surface area contributed by atoms with Gasteiger partial charge in [0.25, 0.3) is 0 Å². The number of unbranched alkanes of at least 4 members (excludes halogenated alkanes) is 11. The fraction of sp³-hybridized carbons (Fsp3) is 0.955. The maximum Gasteiger partial charge on any atom is 0.472 e. The maximum atomic E-state index is 12.3. The lowest BCUT2D eigenvalue weighted by atomic mass is 10.1. The Morgan fingerprint density at radius 1 is 0.867 bits per heavy atom. The van der Waals surface area contributed by atoms with Crippen molar-refractivity contribution in [2.75, 3.05) is 19.8 Å². The van der Waals surface area contributed by atoms with E-state index in [1.807, 2.05) is 0 Å². The quantitative estimate of drug-likeness (QED) is 0.148. The molecule has 0 saturated heterocycles. The Hall–Kier alpha value is -0.460. The van der Waals surface area contributed by atoms with Crippen molar-refractivity contribution in [1.29, 1.82) is 0 Å². The van der Waals surface area contributed by atoms with Crippen LogP contribution in [0.2, 0.25) is 0 Å². The Kier molecular flexibility index (Phi) is 20.1. The number of phosphoric acid groups is 1. The highest BCUT2D eigenvalue weighted by molar-refractivity contribution is 7.47. The average molecular weight is 452 g/mol. The molecule has 0 aromatic heterocycles. The molecule has 1 amide bonds. The molecule has 0 aromatic carbocycles. The predicted molar refractivity (Wildman–Crippen MR) is 121 cm³/mol. The summed E-state index contributed by atoms with van der Waals surface area (Å²) in [5.74, 6) is -0.0360. The van der Waals surface area contributed by atoms with Gasteiger partial charge >= 0.3 is 7.82 Å². The van der Waals surface area contributed by atoms with Crippen molar-refractivity contribution in [2.45, 2.75) is 116 Å². The number of aliphatic hydroxyl groups is 1. The normalized spacial score (nSPS) is 14.4. The summed E-state index contributed by atoms with van der Waals surface area (Å²) in [5.41, 5.74) is 0. The van der Waals surface area contributed by atoms with Gasteiger partial charge in [0.05, 0.1) is 25.9 Å². The van der Waals surface area contributed by atoms with Gasteiger partial charge in [-0.2, -0.15) is 0 Å². The van der Waals surface area contributed by atoms with Crippen molar-refractivity contribution in [3.05, 3.63) is 0 Å². The Balaban J connectivity index is 4.14. The van der Waals surface area contributed by atoms with Crippen LogP contribution in [0, 0.1) is 0 Å². The third-order valence-corrected chi connectivity index (χ3v) is 6.05. The Morgan fingerprint density at radius 3 is 1.97 bits per heavy atom. The Bertz CT molecular complexity index is 449. The predicted octanol–water partition coefficient (Wildman–Crippen LogP) is 5.49. The highest BCUT2D eigenvalue weighted by atomic mass is 31.2. The minimum absolute atomic E-state index is 0.0360. The van der Waals surface area contributed by atoms with Crippen LogP contribution in [0.1, 0.15) is 110 Å². The molecule has 180 valence electrons. The van der Waals surface area contributed by atoms with Gasteiger partial charge in [-0.1, -0.05) is 90.9 Å². The van der Waals surface area contributed by atoms with E-state index in [1.54, 1.807) is 0 Å². The highest BCUT2D eigenvalue weighted by Gasteiger charge is 2.23. The maximum absolute atomic E-state index is 12.3. The van der Waals surface area contributed by atoms with Gasteiger partial charge in [0, 0.05) is 6.42 Å². The first-order valence-corrected chi connectivity index (χ1v) is 13.5. The van der Waals surface area contributed by atoms with E-state index in [-0.39, 0.29) is 31.8 Å². The number of phosphoric ester groups is 1. The smallest absolute Gasteiger partial charge is 0.394 e. The standard InChI is InChI=1S/C22H46NO6P/c1-3-5-7-9-10-11-12-13-15-17-22(25)23-21(16-14-8-6-4-2)20-29-30(26,27)28-19-18-24/h21,24H,3-20H2,1-2H3,(H,23,25)(H,26,27). The van der Waals surface area contributed by atoms with Crippen molar-refractivity contribution < 1.29 is 28.4 Å². The third-order valence-electron chi connectivity index (χ3n) is 5.06. The second-order valence-electron chi connectivity index (χ2n) is 8.01. The lowest BCUT2D eigenvalue weighted by Crippen LogP contribution is -2.38. The molecule has 0 heterocycles. The molecule has 0 fully saturated rings. The zero-order chi connectivity index (χ0) is 22.5. The molecule has 30 heavy (non-hydrogen) atoms. The molecule has 0 aliphatic rings. The van der Waals surface area contributed by atoms with E-state index in [1.165, 1.54) is 44.9 Å². The van der Waals surface area contributed by atoms with E-state index >= 15 is 0 Å². The molecule has 0 rings (SSSR count). The van der Waals surface area contributed by atoms with Crippen molar-refractivity contribution in [2.24, 2.45) is 0 Å². The SMILES string of the molecule is CCCCCCCCCCCC(=O)NC(CCCCCC)COP(=O)(O)OCCO. The number of hydrogen-bond acceptors (Lipinski definition) is 5. The van der Waals surface area contributed by atoms with Crippen LogP contribution in [-0.4, -0.2) is 41.8 Å². The highest BCUT2D eigenvalue weighted by Crippen LogP contribution is 2.43. The number of hydrogen-bond donors (Lipinski definition) is 3. The van der Waals surface area contributed by atoms with Crippen molar-refractivity contribution in [1.82, 2.24) is 5.32 Å². The summed E-state index contributed by atoms with van der Waals surface area (Å²) in [5, 5.41) is 11.7. The molecule has 8 heteroatoms. The number of aliphatic hydroxyl groups excluding tert-OH is 1. The second-order valence-corrected chi connectivity index (χ2v) is 9.47. The van der Waals surface area contributed by atoms with Gasteiger partial charge < -0.3 is 15.3 Å². The molecule has 0 radical (unpaired) electrons. The summed E-state index contributed by atoms with van der Waals surface area (Å²) in [6.45, 7) is 3.66. The van der Waals surface area contributed by atoms with Gasteiger partial charge in [-0.25, -0.2) is 4.57 Å². The topological polar surface area (TPSA) is 105 Å². The zero-order valence-corrected chi connectivity index (χ0v) is 20.2. The van der Waals surface area contributed by atoms with Crippen LogP contribution in [0.25, 0.3) is 0 Å². The lowest BCUT2D eigenvalue weighted by molar-refractivity contribution is -0.122. The molecule has 0 spiro atoms. The van der Waals surface area contributed by atoms with Gasteiger partial charge in [0.15, 0.2) is 0 Å². The zero-order valence-electron chi connectivity index (χ0n) is 19.3. The van der Waals surface area contributed by atoms with E-state index in [0.29, 0.717) is 12.8 Å². The van der Waals surface area contributed by atoms with Crippen LogP contribution in [0.5, 0.6) is 0 Å². The number of nitrogens with one attached hydrogen (secondary N) is 1. The summed E-state index contributed by atoms with van der Waals surface area (Å²) in [6.07, 6.45) is 16.2. The van der Waals surface area contributed by atoms with Gasteiger partial charge in [-0.05, 0) is 12.8 Å². The molecule has 3 N–H and O–H groups in total. The molecule has 0 aromatic rings. The van der Waals surface area contributed by atoms with Crippen LogP contribution >= 0.6 is 7.82 Å². The fourth-order valence-electron chi connectivity index (χ4n) is 3.29. The fourth-order valence-corrected chi connectivity index (χ4v) is 4.04. The van der Waals surface area contributed by atoms with Gasteiger partial charge in [0.2, 0.25) is 5.91 Å². The van der Waals surface area contributed by atoms with E-state index in [4.69, 9.17) is 9.63 Å². The molecule has 0 saturated carbocycles. The minimum Gasteiger partial charge on any atom is -0.394 e. The summed E-state index contributed by atoms with van der Waals surface area (Å²) >= 11 is 0. The monoisotopic (exact) mass is 451 g/mol. The summed E-state index contributed by atoms with van der Waals surface area (Å²) in [6, 6.07) is -0.314. The minimum atomic E-state index is -4.21. The first kappa shape index (κ1) is 29.5. The van der Waals surface area contributed by atoms with Crippen LogP contribution in [0.4, 0.5) is 0 Å². The molecule has 2 atom stereocenters. The largest absolute Gasteiger partial charge is 0.472 e. The molecule has 0 aliphatic carbocycles. The van der Waals surface area contributed by atoms with Crippen LogP contribution in [-0.2, 0) is 18.4 Å². The molecule has 0 aliphatic heterocycles. The molecular weight excluding hydrogens is 405 g/mol. The van der Waals surface area contributed by atoms with Gasteiger partial charge in [-0.3, -0.25) is 13.8 Å². The second kappa shape index (κ2) is 20.4. The lowest BCUT2D eigenvalue weighted by Gasteiger charge is -2.20. The van der Waals surface area contributed by atoms with Crippen LogP contribution in [0.15, 0.2) is 0 Å². The summed E-state index contributed by atoms with van der Waals surface area (Å²) < 4.78 is 21.4. The van der Waals surface area contributed by atoms with Crippen molar-refractivity contribution in [3.8, 4) is 0 Å². The van der Waals surface area contributed by atoms with E-state index < -0.39 is 7.82 Å². The van der Waals surface area contributed by atoms with Gasteiger partial charge in [0.1, 0.15) is 0 Å². The number of rotatable bonds is 22. The van der Waals surface area contributed by atoms with Crippen molar-refractivity contribution in [3.63, 3.8) is 0 Å². The first-order valence-electron chi connectivity index (χ1n) is 12.0. The average Bonchev–Trinajstić information content (AvgIpc) is 2.72. The number of carbonyl (C=O) groups excluding carboxylic acids is 1. The van der Waals surface area contributed by atoms with Gasteiger partial charge in [-0.15, -0.1) is 0 Å². The van der Waals surface area contributed by atoms with E-state index in [0.717, 1.165) is 38.5 Å². The van der Waals surface area contributed by atoms with Crippen molar-refractivity contribution >= 4 is 13.7 Å². The molecular formula is C22H46NO6P. The summed E-state index contributed by atoms with van der Waals surface area (Å²) in [7, 11) is -4.21. The number of amides is 1. The Morgan fingerprint density at radius 2 is 1.40 bits per heavy atom. The molecule has 7 nitrogen and oxygen atoms in total. The molecule has 2 unspecified atom stereocenters. The van der Waals surface area contributed by atoms with E-state index in [9.17, 15) is 14.3 Å². The summed E-state index contributed by atoms with van der Waals surface area (Å²) in [4.78, 5) is 21.9. The third kappa shape index (κ3) is 19.5. The van der Waals surface area contributed by atoms with E-state index in [2.05, 4.69) is 23.7 Å². The molecule has 0 bridgehead atoms. The van der Waals surface area contributed by atoms with Crippen LogP contribution in [0.3, 0.4) is 0 Å². The first-order chi connectivity index (χ1) is 14.4. The van der Waals surface area contributed by atoms with Crippen LogP contribution < -0.4 is 5.32 Å². The Labute approximate surface area is 183 Å². The number of carbonyl (C=O) groups is 1.